The summed E-state index contributed by atoms with van der Waals surface area (Å²) >= 11 is 0. The first-order valence-corrected chi connectivity index (χ1v) is 9.41. The van der Waals surface area contributed by atoms with Gasteiger partial charge in [0.15, 0.2) is 0 Å². The first-order valence-electron chi connectivity index (χ1n) is 7.97. The molecule has 1 saturated heterocycles. The van der Waals surface area contributed by atoms with Crippen LogP contribution in [0.1, 0.15) is 5.56 Å². The van der Waals surface area contributed by atoms with E-state index in [0.717, 1.165) is 18.7 Å². The van der Waals surface area contributed by atoms with Crippen LogP contribution in [0.3, 0.4) is 0 Å². The molecule has 7 heteroatoms. The van der Waals surface area contributed by atoms with Gasteiger partial charge in [0.1, 0.15) is 0 Å². The van der Waals surface area contributed by atoms with Crippen LogP contribution in [0.4, 0.5) is 5.69 Å². The Morgan fingerprint density at radius 3 is 2.38 bits per heavy atom. The van der Waals surface area contributed by atoms with Gasteiger partial charge in [-0.2, -0.15) is 4.31 Å². The number of benzene rings is 1. The summed E-state index contributed by atoms with van der Waals surface area (Å²) in [6.07, 6.45) is 4.44. The molecule has 0 atom stereocenters. The summed E-state index contributed by atoms with van der Waals surface area (Å²) in [4.78, 5) is 4.32. The molecule has 1 N–H and O–H groups in total. The van der Waals surface area contributed by atoms with Gasteiger partial charge in [0.2, 0.25) is 10.0 Å². The van der Waals surface area contributed by atoms with E-state index in [-0.39, 0.29) is 0 Å². The number of rotatable bonds is 6. The molecule has 6 nitrogen and oxygen atoms in total. The molecule has 128 valence electrons. The van der Waals surface area contributed by atoms with Gasteiger partial charge >= 0.3 is 0 Å². The van der Waals surface area contributed by atoms with Gasteiger partial charge in [-0.15, -0.1) is 0 Å². The largest absolute Gasteiger partial charge is 0.385 e. The third kappa shape index (κ3) is 4.11. The number of hydrogen-bond acceptors (Lipinski definition) is 5. The molecular formula is C17H21N3O3S. The monoisotopic (exact) mass is 347 g/mol. The summed E-state index contributed by atoms with van der Waals surface area (Å²) in [5.41, 5.74) is 2.12. The van der Waals surface area contributed by atoms with E-state index in [4.69, 9.17) is 4.74 Å². The first kappa shape index (κ1) is 16.9. The maximum atomic E-state index is 12.5. The number of anilines is 1. The Labute approximate surface area is 142 Å². The summed E-state index contributed by atoms with van der Waals surface area (Å²) in [6, 6.07) is 10.9. The number of pyridine rings is 1. The van der Waals surface area contributed by atoms with Gasteiger partial charge in [-0.05, 0) is 48.4 Å². The van der Waals surface area contributed by atoms with E-state index < -0.39 is 10.0 Å². The molecule has 1 aromatic heterocycles. The highest BCUT2D eigenvalue weighted by atomic mass is 32.2. The van der Waals surface area contributed by atoms with Crippen molar-refractivity contribution < 1.29 is 13.2 Å². The molecule has 1 fully saturated rings. The number of ether oxygens (including phenoxy) is 1. The lowest BCUT2D eigenvalue weighted by atomic mass is 10.2. The fourth-order valence-electron chi connectivity index (χ4n) is 2.58. The van der Waals surface area contributed by atoms with Crippen LogP contribution in [0.15, 0.2) is 53.7 Å². The average molecular weight is 347 g/mol. The lowest BCUT2D eigenvalue weighted by Gasteiger charge is -2.26. The zero-order valence-corrected chi connectivity index (χ0v) is 14.2. The molecule has 0 unspecified atom stereocenters. The molecule has 3 rings (SSSR count). The van der Waals surface area contributed by atoms with Crippen LogP contribution in [0, 0.1) is 0 Å². The van der Waals surface area contributed by atoms with Crippen LogP contribution < -0.4 is 5.32 Å². The van der Waals surface area contributed by atoms with Gasteiger partial charge in [0.25, 0.3) is 0 Å². The maximum absolute atomic E-state index is 12.5. The van der Waals surface area contributed by atoms with Crippen molar-refractivity contribution in [2.45, 2.75) is 11.3 Å². The molecule has 2 aromatic rings. The molecule has 0 amide bonds. The van der Waals surface area contributed by atoms with Crippen LogP contribution in [0.5, 0.6) is 0 Å². The van der Waals surface area contributed by atoms with E-state index >= 15 is 0 Å². The van der Waals surface area contributed by atoms with Gasteiger partial charge in [-0.25, -0.2) is 8.42 Å². The fraction of sp³-hybridized carbons (Fsp3) is 0.353. The van der Waals surface area contributed by atoms with Crippen molar-refractivity contribution >= 4 is 15.7 Å². The number of hydrogen-bond donors (Lipinski definition) is 1. The van der Waals surface area contributed by atoms with Crippen molar-refractivity contribution in [2.24, 2.45) is 0 Å². The minimum atomic E-state index is -3.42. The topological polar surface area (TPSA) is 71.5 Å². The van der Waals surface area contributed by atoms with E-state index in [1.165, 1.54) is 9.87 Å². The minimum Gasteiger partial charge on any atom is -0.385 e. The predicted molar refractivity (Wildman–Crippen MR) is 92.5 cm³/mol. The number of morpholine rings is 1. The molecule has 24 heavy (non-hydrogen) atoms. The molecule has 1 aromatic carbocycles. The Hall–Kier alpha value is -1.96. The van der Waals surface area contributed by atoms with Crippen molar-refractivity contribution in [3.05, 3.63) is 54.4 Å². The Kier molecular flexibility index (Phi) is 5.44. The van der Waals surface area contributed by atoms with Crippen LogP contribution in [-0.4, -0.2) is 50.6 Å². The van der Waals surface area contributed by atoms with E-state index in [1.807, 2.05) is 12.1 Å². The molecule has 2 heterocycles. The van der Waals surface area contributed by atoms with Gasteiger partial charge in [-0.1, -0.05) is 0 Å². The average Bonchev–Trinajstić information content (AvgIpc) is 2.64. The third-order valence-corrected chi connectivity index (χ3v) is 5.87. The smallest absolute Gasteiger partial charge is 0.243 e. The van der Waals surface area contributed by atoms with Gasteiger partial charge in [0, 0.05) is 37.7 Å². The summed E-state index contributed by atoms with van der Waals surface area (Å²) in [5, 5.41) is 3.30. The van der Waals surface area contributed by atoms with Crippen LogP contribution >= 0.6 is 0 Å². The van der Waals surface area contributed by atoms with Gasteiger partial charge < -0.3 is 10.1 Å². The van der Waals surface area contributed by atoms with Crippen molar-refractivity contribution in [3.8, 4) is 0 Å². The summed E-state index contributed by atoms with van der Waals surface area (Å²) in [6.45, 7) is 2.50. The Bertz CT molecular complexity index is 742. The normalized spacial score (nSPS) is 16.0. The third-order valence-electron chi connectivity index (χ3n) is 3.95. The second kappa shape index (κ2) is 7.74. The lowest BCUT2D eigenvalue weighted by molar-refractivity contribution is 0.0730. The molecule has 1 aliphatic rings. The van der Waals surface area contributed by atoms with Crippen LogP contribution in [0.2, 0.25) is 0 Å². The van der Waals surface area contributed by atoms with Gasteiger partial charge in [0.05, 0.1) is 18.1 Å². The Morgan fingerprint density at radius 1 is 1.04 bits per heavy atom. The summed E-state index contributed by atoms with van der Waals surface area (Å²) in [5.74, 6) is 0. The highest BCUT2D eigenvalue weighted by molar-refractivity contribution is 7.89. The second-order valence-electron chi connectivity index (χ2n) is 5.57. The fourth-order valence-corrected chi connectivity index (χ4v) is 3.99. The minimum absolute atomic E-state index is 0.323. The van der Waals surface area contributed by atoms with Crippen LogP contribution in [-0.2, 0) is 21.2 Å². The van der Waals surface area contributed by atoms with Crippen molar-refractivity contribution in [1.29, 1.82) is 0 Å². The highest BCUT2D eigenvalue weighted by Gasteiger charge is 2.25. The van der Waals surface area contributed by atoms with Gasteiger partial charge in [-0.3, -0.25) is 4.98 Å². The maximum Gasteiger partial charge on any atom is 0.243 e. The molecule has 0 bridgehead atoms. The zero-order chi connectivity index (χ0) is 16.8. The standard InChI is InChI=1S/C17H21N3O3S/c21-24(22,20-11-13-23-14-12-20)17-3-1-16(2-4-17)19-10-7-15-5-8-18-9-6-15/h1-6,8-9,19H,7,10-14H2. The van der Waals surface area contributed by atoms with Crippen LogP contribution in [0.25, 0.3) is 0 Å². The first-order chi connectivity index (χ1) is 11.7. The van der Waals surface area contributed by atoms with Crippen molar-refractivity contribution in [2.75, 3.05) is 38.2 Å². The number of sulfonamides is 1. The number of aromatic nitrogens is 1. The summed E-state index contributed by atoms with van der Waals surface area (Å²) < 4.78 is 31.8. The molecule has 1 aliphatic heterocycles. The Morgan fingerprint density at radius 2 is 1.71 bits per heavy atom. The quantitative estimate of drug-likeness (QED) is 0.862. The number of nitrogens with zero attached hydrogens (tertiary/aromatic N) is 2. The van der Waals surface area contributed by atoms with Crippen molar-refractivity contribution in [3.63, 3.8) is 0 Å². The molecular weight excluding hydrogens is 326 g/mol. The van der Waals surface area contributed by atoms with Crippen molar-refractivity contribution in [1.82, 2.24) is 9.29 Å². The summed E-state index contributed by atoms with van der Waals surface area (Å²) in [7, 11) is -3.42. The highest BCUT2D eigenvalue weighted by Crippen LogP contribution is 2.19. The molecule has 0 radical (unpaired) electrons. The molecule has 0 aliphatic carbocycles. The number of nitrogens with one attached hydrogen (secondary N) is 1. The second-order valence-corrected chi connectivity index (χ2v) is 7.51. The van der Waals surface area contributed by atoms with E-state index in [0.29, 0.717) is 31.2 Å². The van der Waals surface area contributed by atoms with E-state index in [2.05, 4.69) is 10.3 Å². The lowest BCUT2D eigenvalue weighted by Crippen LogP contribution is -2.40. The molecule has 0 spiro atoms. The zero-order valence-electron chi connectivity index (χ0n) is 13.4. The van der Waals surface area contributed by atoms with E-state index in [1.54, 1.807) is 36.7 Å². The molecule has 0 saturated carbocycles. The predicted octanol–water partition coefficient (Wildman–Crippen LogP) is 1.76. The SMILES string of the molecule is O=S(=O)(c1ccc(NCCc2ccncc2)cc1)N1CCOCC1. The Balaban J connectivity index is 1.58. The van der Waals surface area contributed by atoms with E-state index in [9.17, 15) is 8.42 Å².